The van der Waals surface area contributed by atoms with Crippen LogP contribution in [-0.4, -0.2) is 60.3 Å². The molecular weight excluding hydrogens is 413 g/mol. The van der Waals surface area contributed by atoms with Crippen molar-refractivity contribution in [1.29, 1.82) is 0 Å². The van der Waals surface area contributed by atoms with E-state index >= 15 is 0 Å². The number of halogens is 3. The first-order valence-electron chi connectivity index (χ1n) is 10.5. The number of ether oxygens (including phenoxy) is 1. The second-order valence-corrected chi connectivity index (χ2v) is 8.38. The molecule has 0 unspecified atom stereocenters. The average molecular weight is 442 g/mol. The highest BCUT2D eigenvalue weighted by molar-refractivity contribution is 5.83. The number of rotatable bonds is 8. The summed E-state index contributed by atoms with van der Waals surface area (Å²) in [6.45, 7) is 5.34. The molecule has 2 heterocycles. The van der Waals surface area contributed by atoms with Crippen LogP contribution in [0.2, 0.25) is 0 Å². The molecule has 0 radical (unpaired) electrons. The Morgan fingerprint density at radius 2 is 2.13 bits per heavy atom. The Morgan fingerprint density at radius 1 is 1.35 bits per heavy atom. The lowest BCUT2D eigenvalue weighted by Gasteiger charge is -2.37. The summed E-state index contributed by atoms with van der Waals surface area (Å²) < 4.78 is 41.2. The number of carbonyl (C=O) groups excluding carboxylic acids is 2. The fraction of sp³-hybridized carbons (Fsp3) is 0.619. The summed E-state index contributed by atoms with van der Waals surface area (Å²) in [7, 11) is 0. The lowest BCUT2D eigenvalue weighted by atomic mass is 10.0. The van der Waals surface area contributed by atoms with Gasteiger partial charge in [0, 0.05) is 44.2 Å². The highest BCUT2D eigenvalue weighted by atomic mass is 19.4. The number of piperazine rings is 1. The van der Waals surface area contributed by atoms with E-state index in [2.05, 4.69) is 25.6 Å². The average Bonchev–Trinajstić information content (AvgIpc) is 3.10. The van der Waals surface area contributed by atoms with Gasteiger partial charge in [0.15, 0.2) is 0 Å². The Bertz CT molecular complexity index is 787. The van der Waals surface area contributed by atoms with Crippen molar-refractivity contribution >= 4 is 11.8 Å². The maximum Gasteiger partial charge on any atom is 0.573 e. The first-order chi connectivity index (χ1) is 14.6. The van der Waals surface area contributed by atoms with Crippen molar-refractivity contribution in [1.82, 2.24) is 20.9 Å². The van der Waals surface area contributed by atoms with E-state index in [0.29, 0.717) is 44.5 Å². The third kappa shape index (κ3) is 6.83. The normalized spacial score (nSPS) is 24.1. The molecule has 1 aromatic carbocycles. The van der Waals surface area contributed by atoms with Crippen LogP contribution < -0.4 is 20.7 Å². The standard InChI is InChI=1S/C21H29F3N4O3/c1-13(2)27-19(29)7-6-16-11-26-20(30)18-9-15(12-28(16)18)25-10-14-4-3-5-17(8-14)31-21(22,23)24/h3-5,8,13,15-16,18,25H,6-7,9-12H2,1-2H3,(H,26,30)(H,27,29)/t15-,16+,18-/m0/s1. The molecule has 3 atom stereocenters. The lowest BCUT2D eigenvalue weighted by Crippen LogP contribution is -2.58. The van der Waals surface area contributed by atoms with Gasteiger partial charge in [-0.2, -0.15) is 0 Å². The molecule has 2 amide bonds. The Hall–Kier alpha value is -2.33. The van der Waals surface area contributed by atoms with Gasteiger partial charge in [-0.15, -0.1) is 13.2 Å². The molecule has 2 fully saturated rings. The molecule has 31 heavy (non-hydrogen) atoms. The Balaban J connectivity index is 1.54. The molecule has 0 aliphatic carbocycles. The number of benzene rings is 1. The van der Waals surface area contributed by atoms with E-state index in [9.17, 15) is 22.8 Å². The van der Waals surface area contributed by atoms with Crippen LogP contribution in [0.3, 0.4) is 0 Å². The van der Waals surface area contributed by atoms with E-state index in [1.807, 2.05) is 13.8 Å². The predicted molar refractivity (Wildman–Crippen MR) is 108 cm³/mol. The summed E-state index contributed by atoms with van der Waals surface area (Å²) in [6, 6.07) is 5.78. The Labute approximate surface area is 179 Å². The van der Waals surface area contributed by atoms with Crippen LogP contribution in [0.1, 0.15) is 38.7 Å². The monoisotopic (exact) mass is 442 g/mol. The number of hydrogen-bond acceptors (Lipinski definition) is 5. The van der Waals surface area contributed by atoms with E-state index < -0.39 is 6.36 Å². The minimum Gasteiger partial charge on any atom is -0.406 e. The van der Waals surface area contributed by atoms with Gasteiger partial charge in [-0.3, -0.25) is 14.5 Å². The summed E-state index contributed by atoms with van der Waals surface area (Å²) in [5.41, 5.74) is 0.665. The number of nitrogens with one attached hydrogen (secondary N) is 3. The number of hydrogen-bond donors (Lipinski definition) is 3. The van der Waals surface area contributed by atoms with E-state index in [-0.39, 0.29) is 41.7 Å². The summed E-state index contributed by atoms with van der Waals surface area (Å²) in [5, 5.41) is 9.15. The molecule has 172 valence electrons. The van der Waals surface area contributed by atoms with Gasteiger partial charge in [0.1, 0.15) is 5.75 Å². The molecule has 2 saturated heterocycles. The first-order valence-corrected chi connectivity index (χ1v) is 10.5. The van der Waals surface area contributed by atoms with Crippen LogP contribution in [0.5, 0.6) is 5.75 Å². The summed E-state index contributed by atoms with van der Waals surface area (Å²) in [5.74, 6) is -0.277. The molecule has 7 nitrogen and oxygen atoms in total. The lowest BCUT2D eigenvalue weighted by molar-refractivity contribution is -0.274. The fourth-order valence-electron chi connectivity index (χ4n) is 4.20. The quantitative estimate of drug-likeness (QED) is 0.573. The minimum atomic E-state index is -4.73. The largest absolute Gasteiger partial charge is 0.573 e. The Morgan fingerprint density at radius 3 is 2.84 bits per heavy atom. The van der Waals surface area contributed by atoms with Crippen molar-refractivity contribution in [3.8, 4) is 5.75 Å². The topological polar surface area (TPSA) is 82.7 Å². The van der Waals surface area contributed by atoms with Crippen LogP contribution >= 0.6 is 0 Å². The summed E-state index contributed by atoms with van der Waals surface area (Å²) in [6.07, 6.45) is -3.07. The smallest absolute Gasteiger partial charge is 0.406 e. The van der Waals surface area contributed by atoms with Gasteiger partial charge in [-0.25, -0.2) is 0 Å². The zero-order valence-corrected chi connectivity index (χ0v) is 17.7. The van der Waals surface area contributed by atoms with Crippen molar-refractivity contribution in [3.63, 3.8) is 0 Å². The van der Waals surface area contributed by atoms with Crippen molar-refractivity contribution in [2.24, 2.45) is 0 Å². The van der Waals surface area contributed by atoms with Crippen molar-refractivity contribution < 1.29 is 27.5 Å². The van der Waals surface area contributed by atoms with Gasteiger partial charge in [-0.05, 0) is 44.4 Å². The van der Waals surface area contributed by atoms with Crippen LogP contribution in [0.4, 0.5) is 13.2 Å². The van der Waals surface area contributed by atoms with Gasteiger partial charge in [-0.1, -0.05) is 12.1 Å². The summed E-state index contributed by atoms with van der Waals surface area (Å²) in [4.78, 5) is 26.4. The second-order valence-electron chi connectivity index (χ2n) is 8.38. The van der Waals surface area contributed by atoms with Gasteiger partial charge in [0.05, 0.1) is 6.04 Å². The van der Waals surface area contributed by atoms with Gasteiger partial charge in [0.25, 0.3) is 0 Å². The van der Waals surface area contributed by atoms with Gasteiger partial charge >= 0.3 is 6.36 Å². The van der Waals surface area contributed by atoms with Crippen LogP contribution in [0, 0.1) is 0 Å². The predicted octanol–water partition coefficient (Wildman–Crippen LogP) is 1.92. The third-order valence-corrected chi connectivity index (χ3v) is 5.50. The van der Waals surface area contributed by atoms with Crippen molar-refractivity contribution in [2.45, 2.75) is 70.2 Å². The molecule has 0 spiro atoms. The molecule has 3 rings (SSSR count). The van der Waals surface area contributed by atoms with E-state index in [0.717, 1.165) is 0 Å². The number of fused-ring (bicyclic) bond motifs is 1. The highest BCUT2D eigenvalue weighted by Gasteiger charge is 2.43. The second kappa shape index (κ2) is 9.86. The molecular formula is C21H29F3N4O3. The number of nitrogens with zero attached hydrogens (tertiary/aromatic N) is 1. The van der Waals surface area contributed by atoms with E-state index in [4.69, 9.17) is 0 Å². The SMILES string of the molecule is CC(C)NC(=O)CC[C@@H]1CNC(=O)[C@@H]2C[C@H](NCc3cccc(OC(F)(F)F)c3)CN12. The molecule has 1 aromatic rings. The van der Waals surface area contributed by atoms with Gasteiger partial charge in [0.2, 0.25) is 11.8 Å². The number of carbonyl (C=O) groups is 2. The fourth-order valence-corrected chi connectivity index (χ4v) is 4.20. The van der Waals surface area contributed by atoms with Crippen LogP contribution in [0.15, 0.2) is 24.3 Å². The molecule has 0 aromatic heterocycles. The molecule has 0 saturated carbocycles. The minimum absolute atomic E-state index is 0.00159. The summed E-state index contributed by atoms with van der Waals surface area (Å²) >= 11 is 0. The van der Waals surface area contributed by atoms with Crippen LogP contribution in [0.25, 0.3) is 0 Å². The van der Waals surface area contributed by atoms with Crippen LogP contribution in [-0.2, 0) is 16.1 Å². The maximum absolute atomic E-state index is 12.4. The highest BCUT2D eigenvalue weighted by Crippen LogP contribution is 2.27. The van der Waals surface area contributed by atoms with E-state index in [1.54, 1.807) is 6.07 Å². The molecule has 2 aliphatic rings. The molecule has 0 bridgehead atoms. The van der Waals surface area contributed by atoms with Crippen molar-refractivity contribution in [3.05, 3.63) is 29.8 Å². The van der Waals surface area contributed by atoms with Crippen molar-refractivity contribution in [2.75, 3.05) is 13.1 Å². The molecule has 10 heteroatoms. The zero-order valence-electron chi connectivity index (χ0n) is 17.7. The number of amides is 2. The number of alkyl halides is 3. The van der Waals surface area contributed by atoms with Gasteiger partial charge < -0.3 is 20.7 Å². The van der Waals surface area contributed by atoms with E-state index in [1.165, 1.54) is 18.2 Å². The molecule has 3 N–H and O–H groups in total. The molecule has 2 aliphatic heterocycles. The maximum atomic E-state index is 12.4. The third-order valence-electron chi connectivity index (χ3n) is 5.50. The zero-order chi connectivity index (χ0) is 22.6. The first kappa shape index (κ1) is 23.3. The Kier molecular flexibility index (Phi) is 7.42.